The Bertz CT molecular complexity index is 331. The first kappa shape index (κ1) is 15.0. The second kappa shape index (κ2) is 7.42. The van der Waals surface area contributed by atoms with Crippen LogP contribution in [0.15, 0.2) is 24.3 Å². The van der Waals surface area contributed by atoms with Crippen LogP contribution in [0, 0.1) is 5.92 Å². The fourth-order valence-corrected chi connectivity index (χ4v) is 1.68. The highest BCUT2D eigenvalue weighted by atomic mass is 16.5. The maximum Gasteiger partial charge on any atom is 0.119 e. The molecule has 18 heavy (non-hydrogen) atoms. The van der Waals surface area contributed by atoms with E-state index < -0.39 is 0 Å². The van der Waals surface area contributed by atoms with Crippen molar-refractivity contribution in [2.24, 2.45) is 5.92 Å². The van der Waals surface area contributed by atoms with E-state index in [0.29, 0.717) is 12.0 Å². The average molecular weight is 249 g/mol. The van der Waals surface area contributed by atoms with E-state index in [-0.39, 0.29) is 6.10 Å². The van der Waals surface area contributed by atoms with Crippen LogP contribution in [0.1, 0.15) is 52.6 Å². The van der Waals surface area contributed by atoms with Gasteiger partial charge in [0.2, 0.25) is 0 Å². The standard InChI is InChI=1S/C16H27NO/c1-6-13(4)18-16-9-7-15(8-10-16)14(5)17-11-12(2)3/h7-10,12-14,17H,6,11H2,1-5H3/t13-,14-/m1/s1. The van der Waals surface area contributed by atoms with Gasteiger partial charge in [-0.3, -0.25) is 0 Å². The molecule has 0 saturated heterocycles. The van der Waals surface area contributed by atoms with Gasteiger partial charge in [-0.05, 0) is 50.4 Å². The smallest absolute Gasteiger partial charge is 0.119 e. The minimum atomic E-state index is 0.285. The molecule has 0 radical (unpaired) electrons. The molecule has 1 rings (SSSR count). The van der Waals surface area contributed by atoms with Gasteiger partial charge >= 0.3 is 0 Å². The minimum absolute atomic E-state index is 0.285. The molecule has 2 nitrogen and oxygen atoms in total. The number of nitrogens with one attached hydrogen (secondary N) is 1. The van der Waals surface area contributed by atoms with Gasteiger partial charge in [0.05, 0.1) is 6.10 Å². The van der Waals surface area contributed by atoms with Gasteiger partial charge in [0.25, 0.3) is 0 Å². The fourth-order valence-electron chi connectivity index (χ4n) is 1.68. The Balaban J connectivity index is 2.53. The highest BCUT2D eigenvalue weighted by Gasteiger charge is 2.06. The van der Waals surface area contributed by atoms with Crippen LogP contribution in [0.3, 0.4) is 0 Å². The monoisotopic (exact) mass is 249 g/mol. The summed E-state index contributed by atoms with van der Waals surface area (Å²) >= 11 is 0. The highest BCUT2D eigenvalue weighted by Crippen LogP contribution is 2.19. The fraction of sp³-hybridized carbons (Fsp3) is 0.625. The first-order valence-corrected chi connectivity index (χ1v) is 7.03. The summed E-state index contributed by atoms with van der Waals surface area (Å²) in [5.41, 5.74) is 1.31. The number of hydrogen-bond acceptors (Lipinski definition) is 2. The lowest BCUT2D eigenvalue weighted by Gasteiger charge is -2.17. The molecule has 1 aromatic rings. The van der Waals surface area contributed by atoms with Gasteiger partial charge in [0.1, 0.15) is 5.75 Å². The van der Waals surface area contributed by atoms with Crippen LogP contribution in [0.5, 0.6) is 5.75 Å². The average Bonchev–Trinajstić information content (AvgIpc) is 2.36. The minimum Gasteiger partial charge on any atom is -0.491 e. The van der Waals surface area contributed by atoms with E-state index in [1.54, 1.807) is 0 Å². The molecule has 0 aromatic heterocycles. The third kappa shape index (κ3) is 5.09. The molecular weight excluding hydrogens is 222 g/mol. The van der Waals surface area contributed by atoms with Crippen molar-refractivity contribution in [2.45, 2.75) is 53.2 Å². The summed E-state index contributed by atoms with van der Waals surface area (Å²) in [6.07, 6.45) is 1.32. The third-order valence-corrected chi connectivity index (χ3v) is 3.12. The first-order valence-electron chi connectivity index (χ1n) is 7.03. The number of hydrogen-bond donors (Lipinski definition) is 1. The van der Waals surface area contributed by atoms with Gasteiger partial charge in [-0.25, -0.2) is 0 Å². The summed E-state index contributed by atoms with van der Waals surface area (Å²) in [4.78, 5) is 0. The highest BCUT2D eigenvalue weighted by molar-refractivity contribution is 5.29. The van der Waals surface area contributed by atoms with Crippen LogP contribution in [-0.4, -0.2) is 12.6 Å². The van der Waals surface area contributed by atoms with E-state index in [1.807, 2.05) is 0 Å². The third-order valence-electron chi connectivity index (χ3n) is 3.12. The molecule has 0 spiro atoms. The normalized spacial score (nSPS) is 14.6. The van der Waals surface area contributed by atoms with Crippen molar-refractivity contribution in [1.29, 1.82) is 0 Å². The SMILES string of the molecule is CC[C@@H](C)Oc1ccc([C@@H](C)NCC(C)C)cc1. The van der Waals surface area contributed by atoms with Crippen molar-refractivity contribution < 1.29 is 4.74 Å². The summed E-state index contributed by atoms with van der Waals surface area (Å²) < 4.78 is 5.78. The zero-order chi connectivity index (χ0) is 13.5. The van der Waals surface area contributed by atoms with Crippen molar-refractivity contribution in [3.63, 3.8) is 0 Å². The van der Waals surface area contributed by atoms with E-state index in [4.69, 9.17) is 4.74 Å². The molecule has 0 amide bonds. The summed E-state index contributed by atoms with van der Waals surface area (Å²) in [5.74, 6) is 1.64. The molecule has 0 saturated carbocycles. The first-order chi connectivity index (χ1) is 8.52. The Labute approximate surface area is 112 Å². The molecular formula is C16H27NO. The van der Waals surface area contributed by atoms with Gasteiger partial charge in [-0.15, -0.1) is 0 Å². The molecule has 1 N–H and O–H groups in total. The summed E-state index contributed by atoms with van der Waals surface area (Å²) in [5, 5.41) is 3.53. The zero-order valence-corrected chi connectivity index (χ0v) is 12.4. The van der Waals surface area contributed by atoms with E-state index in [0.717, 1.165) is 18.7 Å². The number of rotatable bonds is 7. The van der Waals surface area contributed by atoms with Crippen LogP contribution in [0.4, 0.5) is 0 Å². The van der Waals surface area contributed by atoms with Crippen molar-refractivity contribution in [2.75, 3.05) is 6.54 Å². The quantitative estimate of drug-likeness (QED) is 0.783. The molecule has 2 atom stereocenters. The number of benzene rings is 1. The Morgan fingerprint density at radius 3 is 2.17 bits per heavy atom. The maximum atomic E-state index is 5.78. The van der Waals surface area contributed by atoms with E-state index in [2.05, 4.69) is 64.2 Å². The second-order valence-electron chi connectivity index (χ2n) is 5.43. The van der Waals surface area contributed by atoms with E-state index in [1.165, 1.54) is 5.56 Å². The van der Waals surface area contributed by atoms with Crippen molar-refractivity contribution in [3.8, 4) is 5.75 Å². The lowest BCUT2D eigenvalue weighted by Crippen LogP contribution is -2.23. The summed E-state index contributed by atoms with van der Waals surface area (Å²) in [6, 6.07) is 8.82. The summed E-state index contributed by atoms with van der Waals surface area (Å²) in [7, 11) is 0. The Morgan fingerprint density at radius 1 is 1.06 bits per heavy atom. The number of ether oxygens (including phenoxy) is 1. The van der Waals surface area contributed by atoms with Gasteiger partial charge in [-0.2, -0.15) is 0 Å². The maximum absolute atomic E-state index is 5.78. The Morgan fingerprint density at radius 2 is 1.67 bits per heavy atom. The Hall–Kier alpha value is -1.02. The van der Waals surface area contributed by atoms with Gasteiger partial charge in [0.15, 0.2) is 0 Å². The van der Waals surface area contributed by atoms with Crippen molar-refractivity contribution >= 4 is 0 Å². The van der Waals surface area contributed by atoms with Gasteiger partial charge < -0.3 is 10.1 Å². The van der Waals surface area contributed by atoms with Crippen LogP contribution in [0.25, 0.3) is 0 Å². The molecule has 0 bridgehead atoms. The Kier molecular flexibility index (Phi) is 6.20. The van der Waals surface area contributed by atoms with Crippen LogP contribution < -0.4 is 10.1 Å². The predicted molar refractivity (Wildman–Crippen MR) is 78.1 cm³/mol. The predicted octanol–water partition coefficient (Wildman–Crippen LogP) is 4.17. The molecule has 0 aliphatic heterocycles. The van der Waals surface area contributed by atoms with Crippen molar-refractivity contribution in [3.05, 3.63) is 29.8 Å². The van der Waals surface area contributed by atoms with Crippen LogP contribution in [-0.2, 0) is 0 Å². The van der Waals surface area contributed by atoms with Gasteiger partial charge in [0, 0.05) is 6.04 Å². The zero-order valence-electron chi connectivity index (χ0n) is 12.4. The van der Waals surface area contributed by atoms with Crippen molar-refractivity contribution in [1.82, 2.24) is 5.32 Å². The largest absolute Gasteiger partial charge is 0.491 e. The molecule has 0 aliphatic rings. The topological polar surface area (TPSA) is 21.3 Å². The molecule has 0 fully saturated rings. The van der Waals surface area contributed by atoms with E-state index >= 15 is 0 Å². The lowest BCUT2D eigenvalue weighted by molar-refractivity contribution is 0.217. The molecule has 2 heteroatoms. The molecule has 0 heterocycles. The van der Waals surface area contributed by atoms with Crippen LogP contribution in [0.2, 0.25) is 0 Å². The van der Waals surface area contributed by atoms with E-state index in [9.17, 15) is 0 Å². The summed E-state index contributed by atoms with van der Waals surface area (Å²) in [6.45, 7) is 11.9. The molecule has 1 aromatic carbocycles. The second-order valence-corrected chi connectivity index (χ2v) is 5.43. The van der Waals surface area contributed by atoms with Crippen LogP contribution >= 0.6 is 0 Å². The molecule has 102 valence electrons. The lowest BCUT2D eigenvalue weighted by atomic mass is 10.1. The molecule has 0 aliphatic carbocycles. The molecule has 0 unspecified atom stereocenters. The van der Waals surface area contributed by atoms with Gasteiger partial charge in [-0.1, -0.05) is 32.9 Å².